The van der Waals surface area contributed by atoms with Crippen molar-refractivity contribution in [3.8, 4) is 17.1 Å². The highest BCUT2D eigenvalue weighted by Crippen LogP contribution is 2.30. The molecule has 3 heterocycles. The maximum Gasteiger partial charge on any atom is 0.267 e. The molecule has 0 bridgehead atoms. The first kappa shape index (κ1) is 28.0. The van der Waals surface area contributed by atoms with E-state index < -0.39 is 10.0 Å². The summed E-state index contributed by atoms with van der Waals surface area (Å²) in [6, 6.07) is 16.4. The summed E-state index contributed by atoms with van der Waals surface area (Å²) < 4.78 is 35.8. The summed E-state index contributed by atoms with van der Waals surface area (Å²) in [5, 5.41) is 3.93. The molecule has 1 aliphatic heterocycles. The van der Waals surface area contributed by atoms with Crippen LogP contribution in [0.15, 0.2) is 71.9 Å². The number of ketones is 1. The standard InChI is InChI=1S/C29H30N6O5S/c1-19-8-7-9-20(2)28(19)24-14-26(32-29(31-24)33-41(38,39)23-15-30-34(3)18-23)40-22-16-35(17-22)27(37)13-12-25(36)21-10-5-4-6-11-21/h4-11,14-15,18,22H,12-13,16-17H2,1-3H3,(H,31,32,33). The normalized spacial score (nSPS) is 13.5. The molecule has 1 N–H and O–H groups in total. The molecule has 0 unspecified atom stereocenters. The van der Waals surface area contributed by atoms with E-state index in [2.05, 4.69) is 19.8 Å². The number of aromatic nitrogens is 4. The number of sulfonamides is 1. The van der Waals surface area contributed by atoms with E-state index >= 15 is 0 Å². The molecule has 1 fully saturated rings. The molecule has 0 saturated carbocycles. The zero-order valence-electron chi connectivity index (χ0n) is 22.9. The van der Waals surface area contributed by atoms with Crippen molar-refractivity contribution in [2.75, 3.05) is 17.8 Å². The van der Waals surface area contributed by atoms with E-state index in [0.717, 1.165) is 16.7 Å². The van der Waals surface area contributed by atoms with Gasteiger partial charge < -0.3 is 9.64 Å². The van der Waals surface area contributed by atoms with Gasteiger partial charge in [0.2, 0.25) is 17.7 Å². The molecule has 12 heteroatoms. The highest BCUT2D eigenvalue weighted by Gasteiger charge is 2.33. The summed E-state index contributed by atoms with van der Waals surface area (Å²) in [6.45, 7) is 4.56. The second kappa shape index (κ2) is 11.5. The number of ether oxygens (including phenoxy) is 1. The molecule has 1 saturated heterocycles. The van der Waals surface area contributed by atoms with Crippen LogP contribution in [-0.4, -0.2) is 64.0 Å². The lowest BCUT2D eigenvalue weighted by Crippen LogP contribution is -2.56. The molecule has 0 atom stereocenters. The SMILES string of the molecule is Cc1cccc(C)c1-c1cc(OC2CN(C(=O)CCC(=O)c3ccccc3)C2)nc(NS(=O)(=O)c2cnn(C)c2)n1. The van der Waals surface area contributed by atoms with Crippen LogP contribution < -0.4 is 9.46 Å². The van der Waals surface area contributed by atoms with Crippen LogP contribution in [0.2, 0.25) is 0 Å². The Labute approximate surface area is 238 Å². The van der Waals surface area contributed by atoms with Crippen LogP contribution >= 0.6 is 0 Å². The molecule has 0 radical (unpaired) electrons. The van der Waals surface area contributed by atoms with Crippen LogP contribution in [0, 0.1) is 13.8 Å². The lowest BCUT2D eigenvalue weighted by atomic mass is 10.00. The van der Waals surface area contributed by atoms with Crippen molar-refractivity contribution < 1.29 is 22.7 Å². The minimum atomic E-state index is -4.00. The molecule has 212 valence electrons. The van der Waals surface area contributed by atoms with Gasteiger partial charge in [-0.2, -0.15) is 10.1 Å². The number of anilines is 1. The van der Waals surface area contributed by atoms with E-state index in [4.69, 9.17) is 4.74 Å². The molecular weight excluding hydrogens is 544 g/mol. The van der Waals surface area contributed by atoms with E-state index in [1.807, 2.05) is 38.1 Å². The zero-order valence-corrected chi connectivity index (χ0v) is 23.8. The average molecular weight is 575 g/mol. The molecule has 5 rings (SSSR count). The van der Waals surface area contributed by atoms with E-state index in [9.17, 15) is 18.0 Å². The van der Waals surface area contributed by atoms with E-state index in [0.29, 0.717) is 24.3 Å². The third-order valence-electron chi connectivity index (χ3n) is 6.81. The van der Waals surface area contributed by atoms with Crippen molar-refractivity contribution in [3.63, 3.8) is 0 Å². The first-order chi connectivity index (χ1) is 19.6. The second-order valence-corrected chi connectivity index (χ2v) is 11.6. The van der Waals surface area contributed by atoms with E-state index in [1.165, 1.54) is 17.1 Å². The van der Waals surface area contributed by atoms with Crippen LogP contribution in [0.1, 0.15) is 34.3 Å². The lowest BCUT2D eigenvalue weighted by Gasteiger charge is -2.38. The smallest absolute Gasteiger partial charge is 0.267 e. The third-order valence-corrected chi connectivity index (χ3v) is 8.09. The highest BCUT2D eigenvalue weighted by molar-refractivity contribution is 7.92. The van der Waals surface area contributed by atoms with Gasteiger partial charge in [-0.1, -0.05) is 48.5 Å². The molecule has 0 spiro atoms. The van der Waals surface area contributed by atoms with E-state index in [1.54, 1.807) is 42.3 Å². The molecule has 41 heavy (non-hydrogen) atoms. The number of benzene rings is 2. The first-order valence-electron chi connectivity index (χ1n) is 13.1. The number of hydrogen-bond donors (Lipinski definition) is 1. The Morgan fingerprint density at radius 3 is 2.37 bits per heavy atom. The van der Waals surface area contributed by atoms with Gasteiger partial charge in [-0.25, -0.2) is 18.1 Å². The monoisotopic (exact) mass is 574 g/mol. The fourth-order valence-electron chi connectivity index (χ4n) is 4.63. The minimum Gasteiger partial charge on any atom is -0.470 e. The quantitative estimate of drug-likeness (QED) is 0.284. The number of Topliss-reactive ketones (excluding diaryl/α,β-unsaturated/α-hetero) is 1. The number of aryl methyl sites for hydroxylation is 3. The van der Waals surface area contributed by atoms with Crippen molar-refractivity contribution >= 4 is 27.7 Å². The van der Waals surface area contributed by atoms with Crippen LogP contribution in [0.25, 0.3) is 11.3 Å². The Morgan fingerprint density at radius 2 is 1.71 bits per heavy atom. The summed E-state index contributed by atoms with van der Waals surface area (Å²) in [6.07, 6.45) is 2.53. The lowest BCUT2D eigenvalue weighted by molar-refractivity contribution is -0.140. The van der Waals surface area contributed by atoms with Gasteiger partial charge in [0, 0.05) is 43.3 Å². The highest BCUT2D eigenvalue weighted by atomic mass is 32.2. The summed E-state index contributed by atoms with van der Waals surface area (Å²) in [7, 11) is -2.37. The number of carbonyl (C=O) groups excluding carboxylic acids is 2. The fraction of sp³-hybridized carbons (Fsp3) is 0.276. The zero-order chi connectivity index (χ0) is 29.1. The maximum absolute atomic E-state index is 13.0. The molecule has 0 aliphatic carbocycles. The number of nitrogens with one attached hydrogen (secondary N) is 1. The van der Waals surface area contributed by atoms with Gasteiger partial charge >= 0.3 is 0 Å². The topological polar surface area (TPSA) is 136 Å². The van der Waals surface area contributed by atoms with Crippen LogP contribution in [0.4, 0.5) is 5.95 Å². The number of amides is 1. The first-order valence-corrected chi connectivity index (χ1v) is 14.6. The number of likely N-dealkylation sites (tertiary alicyclic amines) is 1. The fourth-order valence-corrected chi connectivity index (χ4v) is 5.55. The van der Waals surface area contributed by atoms with Gasteiger partial charge in [0.05, 0.1) is 25.0 Å². The van der Waals surface area contributed by atoms with Crippen LogP contribution in [0.3, 0.4) is 0 Å². The van der Waals surface area contributed by atoms with Gasteiger partial charge in [0.25, 0.3) is 10.0 Å². The van der Waals surface area contributed by atoms with Gasteiger partial charge in [-0.3, -0.25) is 14.3 Å². The Balaban J connectivity index is 1.30. The Morgan fingerprint density at radius 1 is 1.00 bits per heavy atom. The molecule has 4 aromatic rings. The van der Waals surface area contributed by atoms with Crippen LogP contribution in [0.5, 0.6) is 5.88 Å². The Bertz CT molecular complexity index is 1680. The van der Waals surface area contributed by atoms with Gasteiger partial charge in [-0.05, 0) is 25.0 Å². The van der Waals surface area contributed by atoms with E-state index in [-0.39, 0.29) is 47.4 Å². The van der Waals surface area contributed by atoms with Gasteiger partial charge in [0.15, 0.2) is 5.78 Å². The molecule has 2 aromatic heterocycles. The van der Waals surface area contributed by atoms with Crippen molar-refractivity contribution in [1.29, 1.82) is 0 Å². The Hall–Kier alpha value is -4.58. The molecular formula is C29H30N6O5S. The van der Waals surface area contributed by atoms with Gasteiger partial charge in [0.1, 0.15) is 11.0 Å². The predicted octanol–water partition coefficient (Wildman–Crippen LogP) is 3.55. The average Bonchev–Trinajstić information content (AvgIpc) is 3.36. The third kappa shape index (κ3) is 6.43. The maximum atomic E-state index is 13.0. The molecule has 1 amide bonds. The number of carbonyl (C=O) groups is 2. The number of rotatable bonds is 10. The predicted molar refractivity (Wildman–Crippen MR) is 152 cm³/mol. The van der Waals surface area contributed by atoms with Crippen molar-refractivity contribution in [2.45, 2.75) is 37.7 Å². The summed E-state index contributed by atoms with van der Waals surface area (Å²) >= 11 is 0. The largest absolute Gasteiger partial charge is 0.470 e. The molecule has 2 aromatic carbocycles. The van der Waals surface area contributed by atoms with Crippen molar-refractivity contribution in [1.82, 2.24) is 24.6 Å². The van der Waals surface area contributed by atoms with Crippen LogP contribution in [-0.2, 0) is 21.9 Å². The van der Waals surface area contributed by atoms with Crippen molar-refractivity contribution in [2.24, 2.45) is 7.05 Å². The summed E-state index contributed by atoms with van der Waals surface area (Å²) in [4.78, 5) is 35.4. The Kier molecular flexibility index (Phi) is 7.84. The molecule has 11 nitrogen and oxygen atoms in total. The van der Waals surface area contributed by atoms with Gasteiger partial charge in [-0.15, -0.1) is 0 Å². The summed E-state index contributed by atoms with van der Waals surface area (Å²) in [5.41, 5.74) is 3.85. The number of nitrogens with zero attached hydrogens (tertiary/aromatic N) is 5. The van der Waals surface area contributed by atoms with Crippen molar-refractivity contribution in [3.05, 3.63) is 83.7 Å². The second-order valence-electron chi connectivity index (χ2n) is 9.96. The molecule has 1 aliphatic rings. The summed E-state index contributed by atoms with van der Waals surface area (Å²) in [5.74, 6) is -0.167. The minimum absolute atomic E-state index is 0.0255. The number of hydrogen-bond acceptors (Lipinski definition) is 8.